The minimum absolute atomic E-state index is 0.338. The molecule has 8 nitrogen and oxygen atoms in total. The molecule has 0 spiro atoms. The minimum Gasteiger partial charge on any atom is -0.495 e. The third-order valence-electron chi connectivity index (χ3n) is 4.01. The average Bonchev–Trinajstić information content (AvgIpc) is 2.84. The van der Waals surface area contributed by atoms with Gasteiger partial charge in [-0.25, -0.2) is 19.9 Å². The predicted octanol–water partition coefficient (Wildman–Crippen LogP) is 8.56. The first-order chi connectivity index (χ1) is 17.5. The molecular formula is C22H17Cl7N6O2. The summed E-state index contributed by atoms with van der Waals surface area (Å²) in [6.45, 7) is 0. The topological polar surface area (TPSA) is 108 Å². The monoisotopic (exact) mass is 642 g/mol. The number of benzene rings is 2. The summed E-state index contributed by atoms with van der Waals surface area (Å²) >= 11 is 40.0. The van der Waals surface area contributed by atoms with E-state index in [1.807, 2.05) is 0 Å². The van der Waals surface area contributed by atoms with Gasteiger partial charge in [-0.2, -0.15) is 0 Å². The van der Waals surface area contributed by atoms with Gasteiger partial charge in [0.1, 0.15) is 45.4 Å². The third kappa shape index (κ3) is 10.2. The minimum atomic E-state index is 0.338. The first-order valence-electron chi connectivity index (χ1n) is 9.73. The van der Waals surface area contributed by atoms with Gasteiger partial charge in [-0.1, -0.05) is 81.2 Å². The van der Waals surface area contributed by atoms with E-state index < -0.39 is 0 Å². The molecule has 2 heterocycles. The molecule has 0 saturated heterocycles. The van der Waals surface area contributed by atoms with Crippen LogP contribution in [0.3, 0.4) is 0 Å². The van der Waals surface area contributed by atoms with Crippen molar-refractivity contribution in [3.63, 3.8) is 0 Å². The van der Waals surface area contributed by atoms with Gasteiger partial charge in [0, 0.05) is 24.3 Å². The maximum absolute atomic E-state index is 6.07. The summed E-state index contributed by atoms with van der Waals surface area (Å²) in [6.07, 6.45) is 2.66. The summed E-state index contributed by atoms with van der Waals surface area (Å²) in [5.74, 6) is 1.58. The Morgan fingerprint density at radius 1 is 0.595 bits per heavy atom. The van der Waals surface area contributed by atoms with Gasteiger partial charge in [-0.05, 0) is 12.1 Å². The van der Waals surface area contributed by atoms with Gasteiger partial charge < -0.3 is 20.5 Å². The smallest absolute Gasteiger partial charge is 0.139 e. The van der Waals surface area contributed by atoms with E-state index >= 15 is 0 Å². The second-order valence-electron chi connectivity index (χ2n) is 6.49. The highest BCUT2D eigenvalue weighted by Crippen LogP contribution is 2.35. The van der Waals surface area contributed by atoms with Crippen molar-refractivity contribution in [2.75, 3.05) is 25.3 Å². The average molecular weight is 646 g/mol. The van der Waals surface area contributed by atoms with Crippen LogP contribution >= 0.6 is 81.2 Å². The molecule has 0 aliphatic carbocycles. The molecule has 0 aliphatic heterocycles. The van der Waals surface area contributed by atoms with Crippen molar-refractivity contribution in [3.05, 3.63) is 84.6 Å². The van der Waals surface area contributed by atoms with Gasteiger partial charge in [0.2, 0.25) is 0 Å². The van der Waals surface area contributed by atoms with Crippen LogP contribution < -0.4 is 20.5 Å². The molecule has 37 heavy (non-hydrogen) atoms. The quantitative estimate of drug-likeness (QED) is 0.168. The van der Waals surface area contributed by atoms with Crippen molar-refractivity contribution < 1.29 is 9.47 Å². The van der Waals surface area contributed by atoms with E-state index in [-0.39, 0.29) is 0 Å². The summed E-state index contributed by atoms with van der Waals surface area (Å²) in [5, 5.41) is 5.88. The highest BCUT2D eigenvalue weighted by Gasteiger charge is 2.09. The summed E-state index contributed by atoms with van der Waals surface area (Å²) in [7, 11) is 3.05. The number of ether oxygens (including phenoxy) is 2. The molecule has 2 aromatic heterocycles. The van der Waals surface area contributed by atoms with Gasteiger partial charge in [-0.15, -0.1) is 0 Å². The highest BCUT2D eigenvalue weighted by atomic mass is 35.5. The van der Waals surface area contributed by atoms with Gasteiger partial charge >= 0.3 is 0 Å². The normalized spacial score (nSPS) is 9.86. The lowest BCUT2D eigenvalue weighted by Gasteiger charge is -2.10. The number of aromatic nitrogens is 4. The predicted molar refractivity (Wildman–Crippen MR) is 153 cm³/mol. The summed E-state index contributed by atoms with van der Waals surface area (Å²) < 4.78 is 10.0. The van der Waals surface area contributed by atoms with E-state index in [9.17, 15) is 0 Å². The van der Waals surface area contributed by atoms with Crippen molar-refractivity contribution in [2.45, 2.75) is 0 Å². The van der Waals surface area contributed by atoms with Crippen molar-refractivity contribution in [2.24, 2.45) is 0 Å². The Labute approximate surface area is 247 Å². The van der Waals surface area contributed by atoms with Crippen LogP contribution in [-0.4, -0.2) is 34.2 Å². The number of methoxy groups -OCH3 is 2. The lowest BCUT2D eigenvalue weighted by atomic mass is 10.3. The molecule has 0 radical (unpaired) electrons. The Kier molecular flexibility index (Phi) is 12.8. The Balaban J connectivity index is 0.000000215. The van der Waals surface area contributed by atoms with Crippen LogP contribution in [0.5, 0.6) is 11.5 Å². The lowest BCUT2D eigenvalue weighted by Crippen LogP contribution is -1.96. The molecule has 4 rings (SSSR count). The first kappa shape index (κ1) is 31.1. The van der Waals surface area contributed by atoms with E-state index in [4.69, 9.17) is 96.4 Å². The molecule has 3 N–H and O–H groups in total. The molecule has 15 heteroatoms. The van der Waals surface area contributed by atoms with E-state index in [2.05, 4.69) is 25.3 Å². The molecule has 0 saturated carbocycles. The Hall–Kier alpha value is -2.17. The van der Waals surface area contributed by atoms with Crippen LogP contribution in [0.4, 0.5) is 17.2 Å². The SMILES string of the molecule is COc1cc(N)c(Cl)cc1Cl.COc1cc(Nc2cc(Cl)ncn2)c(Cl)cc1Cl.Clc1cc(Cl)ncn1. The molecule has 0 atom stereocenters. The number of nitrogens with one attached hydrogen (secondary N) is 1. The Bertz CT molecular complexity index is 1330. The number of hydrogen-bond donors (Lipinski definition) is 2. The second-order valence-corrected chi connectivity index (χ2v) is 9.28. The van der Waals surface area contributed by atoms with E-state index in [1.54, 1.807) is 30.3 Å². The van der Waals surface area contributed by atoms with Crippen LogP contribution in [0.2, 0.25) is 35.5 Å². The summed E-state index contributed by atoms with van der Waals surface area (Å²) in [6, 6.07) is 9.47. The molecule has 196 valence electrons. The van der Waals surface area contributed by atoms with Crippen LogP contribution in [0.1, 0.15) is 0 Å². The fourth-order valence-corrected chi connectivity index (χ4v) is 3.80. The number of hydrogen-bond acceptors (Lipinski definition) is 8. The van der Waals surface area contributed by atoms with E-state index in [0.29, 0.717) is 64.2 Å². The zero-order chi connectivity index (χ0) is 27.5. The fourth-order valence-electron chi connectivity index (χ4n) is 2.33. The van der Waals surface area contributed by atoms with Crippen molar-refractivity contribution in [3.8, 4) is 11.5 Å². The number of halogens is 7. The van der Waals surface area contributed by atoms with Crippen LogP contribution in [0.15, 0.2) is 49.1 Å². The van der Waals surface area contributed by atoms with E-state index in [0.717, 1.165) is 0 Å². The molecule has 0 unspecified atom stereocenters. The maximum atomic E-state index is 6.07. The Morgan fingerprint density at radius 3 is 1.57 bits per heavy atom. The van der Waals surface area contributed by atoms with Crippen LogP contribution in [-0.2, 0) is 0 Å². The lowest BCUT2D eigenvalue weighted by molar-refractivity contribution is 0.415. The third-order valence-corrected chi connectivity index (χ3v) is 5.86. The first-order valence-corrected chi connectivity index (χ1v) is 12.4. The van der Waals surface area contributed by atoms with Crippen molar-refractivity contribution in [1.82, 2.24) is 19.9 Å². The van der Waals surface area contributed by atoms with Crippen LogP contribution in [0.25, 0.3) is 0 Å². The number of anilines is 3. The molecule has 2 aromatic carbocycles. The molecule has 4 aromatic rings. The zero-order valence-electron chi connectivity index (χ0n) is 18.9. The second kappa shape index (κ2) is 15.3. The van der Waals surface area contributed by atoms with Gasteiger partial charge in [-0.3, -0.25) is 0 Å². The Morgan fingerprint density at radius 2 is 1.08 bits per heavy atom. The summed E-state index contributed by atoms with van der Waals surface area (Å²) in [5.41, 5.74) is 6.58. The highest BCUT2D eigenvalue weighted by molar-refractivity contribution is 6.38. The largest absolute Gasteiger partial charge is 0.495 e. The van der Waals surface area contributed by atoms with Gasteiger partial charge in [0.25, 0.3) is 0 Å². The van der Waals surface area contributed by atoms with Crippen molar-refractivity contribution in [1.29, 1.82) is 0 Å². The van der Waals surface area contributed by atoms with Gasteiger partial charge in [0.15, 0.2) is 0 Å². The molecular weight excluding hydrogens is 628 g/mol. The van der Waals surface area contributed by atoms with Gasteiger partial charge in [0.05, 0.1) is 45.7 Å². The van der Waals surface area contributed by atoms with Crippen molar-refractivity contribution >= 4 is 98.4 Å². The number of rotatable bonds is 4. The molecule has 0 bridgehead atoms. The van der Waals surface area contributed by atoms with E-state index in [1.165, 1.54) is 32.9 Å². The van der Waals surface area contributed by atoms with Crippen LogP contribution in [0, 0.1) is 0 Å². The number of nitrogens with two attached hydrogens (primary N) is 1. The molecule has 0 aliphatic rings. The maximum Gasteiger partial charge on any atom is 0.139 e. The standard InChI is InChI=1S/C11H8Cl3N3O.C7H7Cl2NO.C4H2Cl2N2/c1-18-9-3-8(6(12)2-7(9)13)17-11-4-10(14)15-5-16-11;1-11-7-3-6(10)4(8)2-5(7)9;5-3-1-4(6)8-2-7-3/h2-5H,1H3,(H,15,16,17);2-3H,10H2,1H3;1-2H. The zero-order valence-corrected chi connectivity index (χ0v) is 24.2. The summed E-state index contributed by atoms with van der Waals surface area (Å²) in [4.78, 5) is 15.0. The molecule has 0 fully saturated rings. The fraction of sp³-hybridized carbons (Fsp3) is 0.0909. The number of nitrogen functional groups attached to an aromatic ring is 1. The molecule has 0 amide bonds. The number of nitrogens with zero attached hydrogens (tertiary/aromatic N) is 4.